The van der Waals surface area contributed by atoms with E-state index in [0.717, 1.165) is 22.7 Å². The Kier molecular flexibility index (Phi) is 2.93. The van der Waals surface area contributed by atoms with Crippen LogP contribution in [0.1, 0.15) is 17.0 Å². The Hall–Kier alpha value is -0.760. The number of pyridine rings is 1. The number of aryl methyl sites for hydroxylation is 1. The number of methoxy groups -OCH3 is 1. The Balaban J connectivity index is 3.22. The molecule has 0 aliphatic heterocycles. The zero-order valence-electron chi connectivity index (χ0n) is 7.52. The van der Waals surface area contributed by atoms with E-state index in [0.29, 0.717) is 5.88 Å². The number of halogens is 1. The number of hydrogen-bond donors (Lipinski definition) is 0. The fraction of sp³-hybridized carbons (Fsp3) is 0.444. The smallest absolute Gasteiger partial charge is 0.125 e. The topological polar surface area (TPSA) is 22.1 Å². The van der Waals surface area contributed by atoms with E-state index < -0.39 is 0 Å². The Morgan fingerprint density at radius 1 is 1.50 bits per heavy atom. The summed E-state index contributed by atoms with van der Waals surface area (Å²) >= 11 is 5.72. The Bertz CT molecular complexity index is 261. The van der Waals surface area contributed by atoms with Crippen LogP contribution in [-0.2, 0) is 5.88 Å². The SMILES string of the molecule is COc1cc(C)nc(CCl)c1C. The monoisotopic (exact) mass is 185 g/mol. The van der Waals surface area contributed by atoms with Gasteiger partial charge >= 0.3 is 0 Å². The van der Waals surface area contributed by atoms with Crippen molar-refractivity contribution in [3.05, 3.63) is 23.0 Å². The van der Waals surface area contributed by atoms with Crippen LogP contribution in [0.25, 0.3) is 0 Å². The molecule has 0 aromatic carbocycles. The van der Waals surface area contributed by atoms with Crippen molar-refractivity contribution in [1.29, 1.82) is 0 Å². The van der Waals surface area contributed by atoms with Crippen LogP contribution in [0.5, 0.6) is 5.75 Å². The second-order valence-electron chi connectivity index (χ2n) is 2.67. The highest BCUT2D eigenvalue weighted by atomic mass is 35.5. The van der Waals surface area contributed by atoms with Crippen molar-refractivity contribution in [2.75, 3.05) is 7.11 Å². The minimum absolute atomic E-state index is 0.434. The van der Waals surface area contributed by atoms with Crippen molar-refractivity contribution >= 4 is 11.6 Å². The van der Waals surface area contributed by atoms with Crippen LogP contribution in [0.3, 0.4) is 0 Å². The fourth-order valence-electron chi connectivity index (χ4n) is 1.11. The summed E-state index contributed by atoms with van der Waals surface area (Å²) in [6.07, 6.45) is 0. The van der Waals surface area contributed by atoms with Crippen LogP contribution in [0.2, 0.25) is 0 Å². The van der Waals surface area contributed by atoms with Crippen molar-refractivity contribution < 1.29 is 4.74 Å². The fourth-order valence-corrected chi connectivity index (χ4v) is 1.37. The van der Waals surface area contributed by atoms with Crippen LogP contribution in [0, 0.1) is 13.8 Å². The first kappa shape index (κ1) is 9.33. The van der Waals surface area contributed by atoms with Crippen LogP contribution >= 0.6 is 11.6 Å². The summed E-state index contributed by atoms with van der Waals surface area (Å²) < 4.78 is 5.17. The standard InChI is InChI=1S/C9H12ClNO/c1-6-4-9(12-3)7(2)8(5-10)11-6/h4H,5H2,1-3H3. The number of aromatic nitrogens is 1. The Morgan fingerprint density at radius 3 is 2.67 bits per heavy atom. The van der Waals surface area contributed by atoms with Gasteiger partial charge in [-0.15, -0.1) is 11.6 Å². The molecule has 1 aromatic heterocycles. The molecule has 0 atom stereocenters. The maximum Gasteiger partial charge on any atom is 0.125 e. The molecular weight excluding hydrogens is 174 g/mol. The van der Waals surface area contributed by atoms with E-state index in [1.807, 2.05) is 19.9 Å². The van der Waals surface area contributed by atoms with Gasteiger partial charge in [0.1, 0.15) is 5.75 Å². The van der Waals surface area contributed by atoms with E-state index in [9.17, 15) is 0 Å². The third-order valence-electron chi connectivity index (χ3n) is 1.80. The number of alkyl halides is 1. The second kappa shape index (κ2) is 3.76. The summed E-state index contributed by atoms with van der Waals surface area (Å²) in [6.45, 7) is 3.89. The molecule has 2 nitrogen and oxygen atoms in total. The maximum absolute atomic E-state index is 5.72. The molecule has 0 saturated heterocycles. The van der Waals surface area contributed by atoms with E-state index in [4.69, 9.17) is 16.3 Å². The van der Waals surface area contributed by atoms with E-state index in [1.54, 1.807) is 7.11 Å². The molecular formula is C9H12ClNO. The highest BCUT2D eigenvalue weighted by Gasteiger charge is 2.05. The van der Waals surface area contributed by atoms with Gasteiger partial charge in [-0.25, -0.2) is 0 Å². The average Bonchev–Trinajstić information content (AvgIpc) is 2.08. The zero-order valence-corrected chi connectivity index (χ0v) is 8.27. The predicted octanol–water partition coefficient (Wildman–Crippen LogP) is 2.45. The van der Waals surface area contributed by atoms with Crippen LogP contribution in [-0.4, -0.2) is 12.1 Å². The van der Waals surface area contributed by atoms with Crippen molar-refractivity contribution in [2.45, 2.75) is 19.7 Å². The van der Waals surface area contributed by atoms with Gasteiger partial charge in [0.2, 0.25) is 0 Å². The van der Waals surface area contributed by atoms with Gasteiger partial charge in [0.25, 0.3) is 0 Å². The van der Waals surface area contributed by atoms with E-state index in [1.165, 1.54) is 0 Å². The first-order valence-corrected chi connectivity index (χ1v) is 4.29. The van der Waals surface area contributed by atoms with Crippen molar-refractivity contribution in [2.24, 2.45) is 0 Å². The summed E-state index contributed by atoms with van der Waals surface area (Å²) in [7, 11) is 1.65. The summed E-state index contributed by atoms with van der Waals surface area (Å²) in [5.74, 6) is 1.29. The molecule has 0 bridgehead atoms. The lowest BCUT2D eigenvalue weighted by molar-refractivity contribution is 0.410. The molecule has 0 radical (unpaired) electrons. The van der Waals surface area contributed by atoms with Gasteiger partial charge in [-0.2, -0.15) is 0 Å². The molecule has 3 heteroatoms. The first-order valence-electron chi connectivity index (χ1n) is 3.76. The van der Waals surface area contributed by atoms with Crippen molar-refractivity contribution in [3.63, 3.8) is 0 Å². The third kappa shape index (κ3) is 1.69. The minimum Gasteiger partial charge on any atom is -0.496 e. The molecule has 1 rings (SSSR count). The Labute approximate surface area is 77.5 Å². The number of ether oxygens (including phenoxy) is 1. The van der Waals surface area contributed by atoms with Crippen LogP contribution in [0.15, 0.2) is 6.07 Å². The lowest BCUT2D eigenvalue weighted by atomic mass is 10.2. The van der Waals surface area contributed by atoms with Gasteiger partial charge in [-0.1, -0.05) is 0 Å². The number of rotatable bonds is 2. The van der Waals surface area contributed by atoms with Gasteiger partial charge in [0.05, 0.1) is 18.7 Å². The average molecular weight is 186 g/mol. The minimum atomic E-state index is 0.434. The highest BCUT2D eigenvalue weighted by molar-refractivity contribution is 6.17. The molecule has 66 valence electrons. The predicted molar refractivity (Wildman–Crippen MR) is 49.8 cm³/mol. The van der Waals surface area contributed by atoms with Gasteiger partial charge < -0.3 is 4.74 Å². The summed E-state index contributed by atoms with van der Waals surface area (Å²) in [5.41, 5.74) is 2.86. The molecule has 0 spiro atoms. The second-order valence-corrected chi connectivity index (χ2v) is 2.94. The third-order valence-corrected chi connectivity index (χ3v) is 2.05. The van der Waals surface area contributed by atoms with E-state index in [2.05, 4.69) is 4.98 Å². The first-order chi connectivity index (χ1) is 5.69. The zero-order chi connectivity index (χ0) is 9.14. The largest absolute Gasteiger partial charge is 0.496 e. The van der Waals surface area contributed by atoms with Gasteiger partial charge in [0.15, 0.2) is 0 Å². The molecule has 0 aliphatic carbocycles. The molecule has 0 N–H and O–H groups in total. The summed E-state index contributed by atoms with van der Waals surface area (Å²) in [4.78, 5) is 4.29. The van der Waals surface area contributed by atoms with Gasteiger partial charge in [-0.3, -0.25) is 4.98 Å². The van der Waals surface area contributed by atoms with Gasteiger partial charge in [0, 0.05) is 17.3 Å². The van der Waals surface area contributed by atoms with Crippen LogP contribution in [0.4, 0.5) is 0 Å². The molecule has 0 aliphatic rings. The number of hydrogen-bond acceptors (Lipinski definition) is 2. The van der Waals surface area contributed by atoms with Gasteiger partial charge in [-0.05, 0) is 13.8 Å². The van der Waals surface area contributed by atoms with Crippen molar-refractivity contribution in [3.8, 4) is 5.75 Å². The van der Waals surface area contributed by atoms with Crippen molar-refractivity contribution in [1.82, 2.24) is 4.98 Å². The summed E-state index contributed by atoms with van der Waals surface area (Å²) in [5, 5.41) is 0. The highest BCUT2D eigenvalue weighted by Crippen LogP contribution is 2.21. The van der Waals surface area contributed by atoms with E-state index >= 15 is 0 Å². The molecule has 1 heterocycles. The molecule has 0 amide bonds. The Morgan fingerprint density at radius 2 is 2.17 bits per heavy atom. The van der Waals surface area contributed by atoms with Crippen LogP contribution < -0.4 is 4.74 Å². The summed E-state index contributed by atoms with van der Waals surface area (Å²) in [6, 6.07) is 1.91. The maximum atomic E-state index is 5.72. The molecule has 0 saturated carbocycles. The van der Waals surface area contributed by atoms with E-state index in [-0.39, 0.29) is 0 Å². The lowest BCUT2D eigenvalue weighted by Gasteiger charge is -2.08. The molecule has 0 fully saturated rings. The molecule has 0 unspecified atom stereocenters. The molecule has 12 heavy (non-hydrogen) atoms. The quantitative estimate of drug-likeness (QED) is 0.661. The number of nitrogens with zero attached hydrogens (tertiary/aromatic N) is 1. The molecule has 1 aromatic rings. The normalized spacial score (nSPS) is 10.0. The lowest BCUT2D eigenvalue weighted by Crippen LogP contribution is -1.97.